The van der Waals surface area contributed by atoms with E-state index in [1.165, 1.54) is 0 Å². The zero-order valence-corrected chi connectivity index (χ0v) is 8.64. The normalized spacial score (nSPS) is 12.9. The lowest BCUT2D eigenvalue weighted by Gasteiger charge is -2.10. The van der Waals surface area contributed by atoms with Gasteiger partial charge in [0.05, 0.1) is 6.10 Å². The summed E-state index contributed by atoms with van der Waals surface area (Å²) in [5.41, 5.74) is 0.933. The molecule has 2 rings (SSSR count). The number of aromatic nitrogens is 1. The average Bonchev–Trinajstić information content (AvgIpc) is 2.29. The van der Waals surface area contributed by atoms with E-state index < -0.39 is 6.10 Å². The van der Waals surface area contributed by atoms with E-state index in [2.05, 4.69) is 10.3 Å². The SMILES string of the molecule is CNCC(O)c1ccc2cnccc2c1. The number of fused-ring (bicyclic) bond motifs is 1. The van der Waals surface area contributed by atoms with Crippen LogP contribution in [0, 0.1) is 0 Å². The first kappa shape index (κ1) is 10.1. The fourth-order valence-electron chi connectivity index (χ4n) is 1.62. The summed E-state index contributed by atoms with van der Waals surface area (Å²) in [7, 11) is 1.83. The Kier molecular flexibility index (Phi) is 2.94. The molecule has 3 heteroatoms. The quantitative estimate of drug-likeness (QED) is 0.792. The van der Waals surface area contributed by atoms with Gasteiger partial charge in [-0.1, -0.05) is 12.1 Å². The third kappa shape index (κ3) is 2.14. The van der Waals surface area contributed by atoms with Gasteiger partial charge < -0.3 is 10.4 Å². The summed E-state index contributed by atoms with van der Waals surface area (Å²) in [6.45, 7) is 0.566. The molecule has 1 aromatic carbocycles. The van der Waals surface area contributed by atoms with Crippen molar-refractivity contribution in [1.82, 2.24) is 10.3 Å². The van der Waals surface area contributed by atoms with Gasteiger partial charge in [-0.25, -0.2) is 0 Å². The Morgan fingerprint density at radius 2 is 2.20 bits per heavy atom. The lowest BCUT2D eigenvalue weighted by Crippen LogP contribution is -2.16. The molecule has 0 aliphatic carbocycles. The zero-order valence-electron chi connectivity index (χ0n) is 8.64. The Hall–Kier alpha value is -1.45. The molecule has 2 N–H and O–H groups in total. The summed E-state index contributed by atoms with van der Waals surface area (Å²) in [6, 6.07) is 7.87. The number of nitrogens with zero attached hydrogens (tertiary/aromatic N) is 1. The highest BCUT2D eigenvalue weighted by atomic mass is 16.3. The minimum atomic E-state index is -0.451. The molecule has 0 amide bonds. The minimum Gasteiger partial charge on any atom is -0.387 e. The zero-order chi connectivity index (χ0) is 10.7. The van der Waals surface area contributed by atoms with Gasteiger partial charge in [0.15, 0.2) is 0 Å². The van der Waals surface area contributed by atoms with Crippen molar-refractivity contribution in [3.63, 3.8) is 0 Å². The number of likely N-dealkylation sites (N-methyl/N-ethyl adjacent to an activating group) is 1. The van der Waals surface area contributed by atoms with Crippen LogP contribution in [0.1, 0.15) is 11.7 Å². The number of aliphatic hydroxyl groups is 1. The number of pyridine rings is 1. The van der Waals surface area contributed by atoms with Gasteiger partial charge >= 0.3 is 0 Å². The fourth-order valence-corrected chi connectivity index (χ4v) is 1.62. The molecule has 1 atom stereocenters. The van der Waals surface area contributed by atoms with Crippen LogP contribution in [0.5, 0.6) is 0 Å². The standard InChI is InChI=1S/C12H14N2O/c1-13-8-12(15)10-2-3-11-7-14-5-4-9(11)6-10/h2-7,12-13,15H,8H2,1H3. The Morgan fingerprint density at radius 1 is 1.33 bits per heavy atom. The molecule has 0 spiro atoms. The maximum Gasteiger partial charge on any atom is 0.0914 e. The van der Waals surface area contributed by atoms with E-state index in [0.29, 0.717) is 6.54 Å². The highest BCUT2D eigenvalue weighted by Gasteiger charge is 2.06. The number of nitrogens with one attached hydrogen (secondary N) is 1. The topological polar surface area (TPSA) is 45.1 Å². The third-order valence-corrected chi connectivity index (χ3v) is 2.45. The highest BCUT2D eigenvalue weighted by Crippen LogP contribution is 2.19. The van der Waals surface area contributed by atoms with Gasteiger partial charge in [-0.2, -0.15) is 0 Å². The van der Waals surface area contributed by atoms with Gasteiger partial charge in [-0.15, -0.1) is 0 Å². The Balaban J connectivity index is 2.38. The Morgan fingerprint density at radius 3 is 3.00 bits per heavy atom. The van der Waals surface area contributed by atoms with Crippen LogP contribution < -0.4 is 5.32 Å². The average molecular weight is 202 g/mol. The van der Waals surface area contributed by atoms with Crippen molar-refractivity contribution in [1.29, 1.82) is 0 Å². The van der Waals surface area contributed by atoms with Crippen LogP contribution in [0.4, 0.5) is 0 Å². The monoisotopic (exact) mass is 202 g/mol. The van der Waals surface area contributed by atoms with Crippen molar-refractivity contribution in [3.05, 3.63) is 42.2 Å². The number of hydrogen-bond acceptors (Lipinski definition) is 3. The lowest BCUT2D eigenvalue weighted by atomic mass is 10.1. The van der Waals surface area contributed by atoms with E-state index in [4.69, 9.17) is 0 Å². The molecule has 0 aliphatic heterocycles. The molecule has 0 fully saturated rings. The van der Waals surface area contributed by atoms with Crippen LogP contribution in [-0.4, -0.2) is 23.7 Å². The van der Waals surface area contributed by atoms with Crippen molar-refractivity contribution >= 4 is 10.8 Å². The lowest BCUT2D eigenvalue weighted by molar-refractivity contribution is 0.178. The van der Waals surface area contributed by atoms with Gasteiger partial charge in [0, 0.05) is 24.3 Å². The summed E-state index contributed by atoms with van der Waals surface area (Å²) < 4.78 is 0. The molecule has 0 saturated carbocycles. The summed E-state index contributed by atoms with van der Waals surface area (Å²) in [5, 5.41) is 15.0. The molecule has 0 bridgehead atoms. The first-order valence-electron chi connectivity index (χ1n) is 4.97. The number of benzene rings is 1. The maximum absolute atomic E-state index is 9.80. The summed E-state index contributed by atoms with van der Waals surface area (Å²) in [5.74, 6) is 0. The van der Waals surface area contributed by atoms with Crippen LogP contribution >= 0.6 is 0 Å². The molecule has 0 radical (unpaired) electrons. The van der Waals surface area contributed by atoms with Crippen LogP contribution in [0.2, 0.25) is 0 Å². The van der Waals surface area contributed by atoms with Crippen LogP contribution in [-0.2, 0) is 0 Å². The number of aliphatic hydroxyl groups excluding tert-OH is 1. The smallest absolute Gasteiger partial charge is 0.0914 e. The van der Waals surface area contributed by atoms with E-state index in [1.54, 1.807) is 6.20 Å². The van der Waals surface area contributed by atoms with Crippen molar-refractivity contribution in [2.24, 2.45) is 0 Å². The second-order valence-electron chi connectivity index (χ2n) is 3.56. The molecule has 1 aromatic heterocycles. The molecule has 2 aromatic rings. The first-order valence-corrected chi connectivity index (χ1v) is 4.97. The highest BCUT2D eigenvalue weighted by molar-refractivity contribution is 5.82. The molecule has 1 unspecified atom stereocenters. The summed E-state index contributed by atoms with van der Waals surface area (Å²) in [4.78, 5) is 4.05. The molecule has 15 heavy (non-hydrogen) atoms. The van der Waals surface area contributed by atoms with Crippen molar-refractivity contribution < 1.29 is 5.11 Å². The minimum absolute atomic E-state index is 0.451. The first-order chi connectivity index (χ1) is 7.31. The van der Waals surface area contributed by atoms with Gasteiger partial charge in [0.25, 0.3) is 0 Å². The molecule has 0 saturated heterocycles. The largest absolute Gasteiger partial charge is 0.387 e. The van der Waals surface area contributed by atoms with Gasteiger partial charge in [-0.3, -0.25) is 4.98 Å². The van der Waals surface area contributed by atoms with Crippen LogP contribution in [0.25, 0.3) is 10.8 Å². The van der Waals surface area contributed by atoms with Crippen molar-refractivity contribution in [2.75, 3.05) is 13.6 Å². The number of rotatable bonds is 3. The van der Waals surface area contributed by atoms with E-state index >= 15 is 0 Å². The molecular weight excluding hydrogens is 188 g/mol. The van der Waals surface area contributed by atoms with Crippen LogP contribution in [0.15, 0.2) is 36.7 Å². The second-order valence-corrected chi connectivity index (χ2v) is 3.56. The summed E-state index contributed by atoms with van der Waals surface area (Å²) in [6.07, 6.45) is 3.13. The van der Waals surface area contributed by atoms with Gasteiger partial charge in [-0.05, 0) is 30.1 Å². The van der Waals surface area contributed by atoms with Gasteiger partial charge in [0.2, 0.25) is 0 Å². The molecule has 3 nitrogen and oxygen atoms in total. The molecule has 1 heterocycles. The van der Waals surface area contributed by atoms with Crippen LogP contribution in [0.3, 0.4) is 0 Å². The second kappa shape index (κ2) is 4.38. The predicted molar refractivity (Wildman–Crippen MR) is 60.6 cm³/mol. The van der Waals surface area contributed by atoms with E-state index in [9.17, 15) is 5.11 Å². The van der Waals surface area contributed by atoms with E-state index in [0.717, 1.165) is 16.3 Å². The molecule has 0 aliphatic rings. The van der Waals surface area contributed by atoms with Crippen molar-refractivity contribution in [3.8, 4) is 0 Å². The molecule has 78 valence electrons. The summed E-state index contributed by atoms with van der Waals surface area (Å²) >= 11 is 0. The third-order valence-electron chi connectivity index (χ3n) is 2.45. The van der Waals surface area contributed by atoms with Crippen molar-refractivity contribution in [2.45, 2.75) is 6.10 Å². The maximum atomic E-state index is 9.80. The van der Waals surface area contributed by atoms with E-state index in [1.807, 2.05) is 37.5 Å². The predicted octanol–water partition coefficient (Wildman–Crippen LogP) is 1.49. The molecular formula is C12H14N2O. The Labute approximate surface area is 88.8 Å². The Bertz CT molecular complexity index is 456. The number of hydrogen-bond donors (Lipinski definition) is 2. The van der Waals surface area contributed by atoms with E-state index in [-0.39, 0.29) is 0 Å². The fraction of sp³-hybridized carbons (Fsp3) is 0.250. The van der Waals surface area contributed by atoms with Gasteiger partial charge in [0.1, 0.15) is 0 Å².